The summed E-state index contributed by atoms with van der Waals surface area (Å²) in [5.41, 5.74) is 0.647. The van der Waals surface area contributed by atoms with Crippen LogP contribution in [0.4, 0.5) is 0 Å². The lowest BCUT2D eigenvalue weighted by Crippen LogP contribution is -2.37. The largest absolute Gasteiger partial charge is 0.389 e. The number of carbonyl (C=O) groups is 2. The lowest BCUT2D eigenvalue weighted by Gasteiger charge is -2.22. The number of β-amino-alcohol motifs (C(OH)–C–C–N with tert-alkyl or cyclic N) is 1. The first-order valence-corrected chi connectivity index (χ1v) is 8.11. The van der Waals surface area contributed by atoms with Gasteiger partial charge in [0.05, 0.1) is 11.7 Å². The SMILES string of the molecule is CSc1ccccc1C(=O)N1CCN(C(C)=O)C[C@H](O)C1. The zero-order chi connectivity index (χ0) is 15.4. The van der Waals surface area contributed by atoms with E-state index in [2.05, 4.69) is 0 Å². The summed E-state index contributed by atoms with van der Waals surface area (Å²) in [6.07, 6.45) is 1.22. The fourth-order valence-corrected chi connectivity index (χ4v) is 3.04. The topological polar surface area (TPSA) is 60.9 Å². The highest BCUT2D eigenvalue weighted by Gasteiger charge is 2.27. The molecule has 2 amide bonds. The van der Waals surface area contributed by atoms with Crippen molar-refractivity contribution >= 4 is 23.6 Å². The lowest BCUT2D eigenvalue weighted by molar-refractivity contribution is -0.129. The number of hydrogen-bond acceptors (Lipinski definition) is 4. The molecule has 21 heavy (non-hydrogen) atoms. The van der Waals surface area contributed by atoms with Crippen LogP contribution >= 0.6 is 11.8 Å². The van der Waals surface area contributed by atoms with Gasteiger partial charge in [0, 0.05) is 38.0 Å². The first kappa shape index (κ1) is 15.9. The van der Waals surface area contributed by atoms with Gasteiger partial charge in [-0.3, -0.25) is 9.59 Å². The summed E-state index contributed by atoms with van der Waals surface area (Å²) >= 11 is 1.52. The Bertz CT molecular complexity index is 535. The number of rotatable bonds is 2. The van der Waals surface area contributed by atoms with Crippen molar-refractivity contribution in [3.05, 3.63) is 29.8 Å². The van der Waals surface area contributed by atoms with Crippen molar-refractivity contribution in [1.29, 1.82) is 0 Å². The molecular formula is C15H20N2O3S. The number of aliphatic hydroxyl groups excluding tert-OH is 1. The fraction of sp³-hybridized carbons (Fsp3) is 0.467. The Morgan fingerprint density at radius 2 is 1.81 bits per heavy atom. The van der Waals surface area contributed by atoms with Crippen molar-refractivity contribution in [3.8, 4) is 0 Å². The van der Waals surface area contributed by atoms with E-state index < -0.39 is 6.10 Å². The molecule has 1 heterocycles. The predicted molar refractivity (Wildman–Crippen MR) is 82.4 cm³/mol. The maximum absolute atomic E-state index is 12.7. The van der Waals surface area contributed by atoms with Crippen molar-refractivity contribution in [2.45, 2.75) is 17.9 Å². The summed E-state index contributed by atoms with van der Waals surface area (Å²) in [5.74, 6) is -0.169. The number of benzene rings is 1. The maximum Gasteiger partial charge on any atom is 0.255 e. The highest BCUT2D eigenvalue weighted by molar-refractivity contribution is 7.98. The molecule has 0 aliphatic carbocycles. The Morgan fingerprint density at radius 1 is 1.19 bits per heavy atom. The number of amides is 2. The Kier molecular flexibility index (Phi) is 5.25. The highest BCUT2D eigenvalue weighted by Crippen LogP contribution is 2.22. The summed E-state index contributed by atoms with van der Waals surface area (Å²) in [6.45, 7) is 2.92. The van der Waals surface area contributed by atoms with Gasteiger partial charge in [0.2, 0.25) is 5.91 Å². The van der Waals surface area contributed by atoms with Crippen LogP contribution < -0.4 is 0 Å². The van der Waals surface area contributed by atoms with E-state index in [9.17, 15) is 14.7 Å². The molecule has 0 unspecified atom stereocenters. The van der Waals surface area contributed by atoms with Crippen LogP contribution in [0.5, 0.6) is 0 Å². The van der Waals surface area contributed by atoms with E-state index >= 15 is 0 Å². The van der Waals surface area contributed by atoms with E-state index in [1.165, 1.54) is 18.7 Å². The number of aliphatic hydroxyl groups is 1. The summed E-state index contributed by atoms with van der Waals surface area (Å²) in [4.78, 5) is 28.2. The average molecular weight is 308 g/mol. The molecule has 5 nitrogen and oxygen atoms in total. The van der Waals surface area contributed by atoms with E-state index in [-0.39, 0.29) is 24.9 Å². The molecule has 6 heteroatoms. The second-order valence-corrected chi connectivity index (χ2v) is 5.92. The van der Waals surface area contributed by atoms with E-state index in [1.807, 2.05) is 24.5 Å². The zero-order valence-electron chi connectivity index (χ0n) is 12.3. The normalized spacial score (nSPS) is 19.3. The number of carbonyl (C=O) groups excluding carboxylic acids is 2. The van der Waals surface area contributed by atoms with Crippen molar-refractivity contribution in [1.82, 2.24) is 9.80 Å². The number of nitrogens with zero attached hydrogens (tertiary/aromatic N) is 2. The van der Waals surface area contributed by atoms with E-state index in [0.29, 0.717) is 18.7 Å². The molecule has 114 valence electrons. The summed E-state index contributed by atoms with van der Waals surface area (Å²) in [6, 6.07) is 7.45. The smallest absolute Gasteiger partial charge is 0.255 e. The Morgan fingerprint density at radius 3 is 2.48 bits per heavy atom. The van der Waals surface area contributed by atoms with Crippen molar-refractivity contribution in [3.63, 3.8) is 0 Å². The molecule has 0 spiro atoms. The van der Waals surface area contributed by atoms with Gasteiger partial charge in [-0.05, 0) is 18.4 Å². The molecule has 0 saturated carbocycles. The molecule has 0 aromatic heterocycles. The van der Waals surface area contributed by atoms with Gasteiger partial charge in [0.15, 0.2) is 0 Å². The minimum atomic E-state index is -0.707. The summed E-state index contributed by atoms with van der Waals surface area (Å²) in [7, 11) is 0. The molecule has 2 rings (SSSR count). The number of thioether (sulfide) groups is 1. The lowest BCUT2D eigenvalue weighted by atomic mass is 10.2. The molecule has 1 saturated heterocycles. The van der Waals surface area contributed by atoms with Crippen LogP contribution in [0.1, 0.15) is 17.3 Å². The zero-order valence-corrected chi connectivity index (χ0v) is 13.1. The third-order valence-electron chi connectivity index (χ3n) is 3.57. The van der Waals surface area contributed by atoms with Gasteiger partial charge >= 0.3 is 0 Å². The van der Waals surface area contributed by atoms with E-state index in [0.717, 1.165) is 4.90 Å². The van der Waals surface area contributed by atoms with Gasteiger partial charge in [-0.2, -0.15) is 0 Å². The van der Waals surface area contributed by atoms with Crippen molar-refractivity contribution in [2.24, 2.45) is 0 Å². The third kappa shape index (κ3) is 3.77. The maximum atomic E-state index is 12.7. The third-order valence-corrected chi connectivity index (χ3v) is 4.37. The molecule has 1 aliphatic heterocycles. The minimum Gasteiger partial charge on any atom is -0.389 e. The highest BCUT2D eigenvalue weighted by atomic mass is 32.2. The minimum absolute atomic E-state index is 0.0761. The molecular weight excluding hydrogens is 288 g/mol. The quantitative estimate of drug-likeness (QED) is 0.830. The molecule has 1 atom stereocenters. The van der Waals surface area contributed by atoms with Gasteiger partial charge in [0.1, 0.15) is 0 Å². The van der Waals surface area contributed by atoms with Crippen LogP contribution in [0.25, 0.3) is 0 Å². The second kappa shape index (κ2) is 6.95. The number of hydrogen-bond donors (Lipinski definition) is 1. The van der Waals surface area contributed by atoms with Gasteiger partial charge in [-0.1, -0.05) is 12.1 Å². The first-order chi connectivity index (χ1) is 10.0. The van der Waals surface area contributed by atoms with Crippen molar-refractivity contribution < 1.29 is 14.7 Å². The van der Waals surface area contributed by atoms with Crippen LogP contribution in [0.2, 0.25) is 0 Å². The summed E-state index contributed by atoms with van der Waals surface area (Å²) in [5, 5.41) is 10.0. The predicted octanol–water partition coefficient (Wildman–Crippen LogP) is 1.07. The molecule has 0 bridgehead atoms. The molecule has 1 aromatic rings. The van der Waals surface area contributed by atoms with E-state index in [4.69, 9.17) is 0 Å². The van der Waals surface area contributed by atoms with Crippen LogP contribution in [-0.2, 0) is 4.79 Å². The Labute approximate surface area is 128 Å². The fourth-order valence-electron chi connectivity index (χ4n) is 2.45. The van der Waals surface area contributed by atoms with Crippen molar-refractivity contribution in [2.75, 3.05) is 32.4 Å². The molecule has 1 fully saturated rings. The molecule has 0 radical (unpaired) electrons. The average Bonchev–Trinajstić information content (AvgIpc) is 2.68. The van der Waals surface area contributed by atoms with Gasteiger partial charge in [0.25, 0.3) is 5.91 Å². The molecule has 1 aliphatic rings. The Hall–Kier alpha value is -1.53. The van der Waals surface area contributed by atoms with Crippen LogP contribution in [0.3, 0.4) is 0 Å². The first-order valence-electron chi connectivity index (χ1n) is 6.88. The summed E-state index contributed by atoms with van der Waals surface area (Å²) < 4.78 is 0. The Balaban J connectivity index is 2.17. The van der Waals surface area contributed by atoms with Gasteiger partial charge < -0.3 is 14.9 Å². The van der Waals surface area contributed by atoms with Gasteiger partial charge in [-0.15, -0.1) is 11.8 Å². The monoisotopic (exact) mass is 308 g/mol. The standard InChI is InChI=1S/C15H20N2O3S/c1-11(18)16-7-8-17(10-12(19)9-16)15(20)13-5-3-4-6-14(13)21-2/h3-6,12,19H,7-10H2,1-2H3/t12-/m0/s1. The molecule has 1 N–H and O–H groups in total. The van der Waals surface area contributed by atoms with Crippen LogP contribution in [0.15, 0.2) is 29.2 Å². The van der Waals surface area contributed by atoms with Crippen LogP contribution in [-0.4, -0.2) is 65.3 Å². The van der Waals surface area contributed by atoms with Gasteiger partial charge in [-0.25, -0.2) is 0 Å². The second-order valence-electron chi connectivity index (χ2n) is 5.07. The van der Waals surface area contributed by atoms with E-state index in [1.54, 1.807) is 15.9 Å². The molecule has 1 aromatic carbocycles. The van der Waals surface area contributed by atoms with Crippen LogP contribution in [0, 0.1) is 0 Å².